The number of benzene rings is 2. The van der Waals surface area contributed by atoms with Crippen molar-refractivity contribution < 1.29 is 19.4 Å². The molecule has 2 aromatic rings. The molecule has 1 amide bonds. The highest BCUT2D eigenvalue weighted by Gasteiger charge is 2.43. The number of carbonyl (C=O) groups is 2. The van der Waals surface area contributed by atoms with Crippen LogP contribution >= 0.6 is 0 Å². The number of nitrogens with zero attached hydrogens (tertiary/aromatic N) is 1. The number of hydrogen-bond donors (Lipinski definition) is 1. The number of carboxylic acids is 1. The molecule has 1 N–H and O–H groups in total. The molecule has 0 fully saturated rings. The van der Waals surface area contributed by atoms with E-state index in [1.54, 1.807) is 36.3 Å². The third kappa shape index (κ3) is 3.15. The first kappa shape index (κ1) is 17.2. The van der Waals surface area contributed by atoms with Gasteiger partial charge in [0.05, 0.1) is 12.6 Å². The van der Waals surface area contributed by atoms with Crippen molar-refractivity contribution in [3.8, 4) is 0 Å². The summed E-state index contributed by atoms with van der Waals surface area (Å²) in [6.07, 6.45) is 0. The predicted octanol–water partition coefficient (Wildman–Crippen LogP) is 3.01. The minimum Gasteiger partial charge on any atom is -0.481 e. The molecule has 5 heteroatoms. The second-order valence-electron chi connectivity index (χ2n) is 6.25. The van der Waals surface area contributed by atoms with Gasteiger partial charge in [0.2, 0.25) is 0 Å². The zero-order valence-electron chi connectivity index (χ0n) is 14.3. The van der Waals surface area contributed by atoms with Gasteiger partial charge in [0.1, 0.15) is 5.92 Å². The van der Waals surface area contributed by atoms with Crippen molar-refractivity contribution in [2.24, 2.45) is 0 Å². The van der Waals surface area contributed by atoms with E-state index < -0.39 is 17.9 Å². The Morgan fingerprint density at radius 2 is 1.96 bits per heavy atom. The quantitative estimate of drug-likeness (QED) is 0.909. The lowest BCUT2D eigenvalue weighted by molar-refractivity contribution is -0.140. The Balaban J connectivity index is 2.18. The highest BCUT2D eigenvalue weighted by atomic mass is 16.5. The molecule has 0 bridgehead atoms. The van der Waals surface area contributed by atoms with E-state index in [2.05, 4.69) is 0 Å². The average molecular weight is 339 g/mol. The fourth-order valence-electron chi connectivity index (χ4n) is 3.52. The molecule has 130 valence electrons. The summed E-state index contributed by atoms with van der Waals surface area (Å²) >= 11 is 0. The SMILES string of the molecule is COCCN1C(=O)c2ccccc2[C@H](C(=O)O)[C@H]1c1cccc(C)c1. The van der Waals surface area contributed by atoms with Crippen LogP contribution in [0.2, 0.25) is 0 Å². The number of aryl methyl sites for hydroxylation is 1. The molecule has 5 nitrogen and oxygen atoms in total. The van der Waals surface area contributed by atoms with Crippen LogP contribution in [0.3, 0.4) is 0 Å². The topological polar surface area (TPSA) is 66.8 Å². The summed E-state index contributed by atoms with van der Waals surface area (Å²) in [7, 11) is 1.57. The number of carbonyl (C=O) groups excluding carboxylic acids is 1. The van der Waals surface area contributed by atoms with Crippen molar-refractivity contribution in [1.82, 2.24) is 4.90 Å². The number of amides is 1. The van der Waals surface area contributed by atoms with Crippen LogP contribution in [0.4, 0.5) is 0 Å². The zero-order valence-corrected chi connectivity index (χ0v) is 14.3. The standard InChI is InChI=1S/C20H21NO4/c1-13-6-5-7-14(12-13)18-17(20(23)24)15-8-3-4-9-16(15)19(22)21(18)10-11-25-2/h3-9,12,17-18H,10-11H2,1-2H3,(H,23,24)/t17-,18+/m0/s1. The summed E-state index contributed by atoms with van der Waals surface area (Å²) in [5, 5.41) is 9.95. The lowest BCUT2D eigenvalue weighted by atomic mass is 9.79. The number of hydrogen-bond acceptors (Lipinski definition) is 3. The van der Waals surface area contributed by atoms with Crippen LogP contribution in [0.15, 0.2) is 48.5 Å². The van der Waals surface area contributed by atoms with Crippen molar-refractivity contribution >= 4 is 11.9 Å². The summed E-state index contributed by atoms with van der Waals surface area (Å²) in [5.41, 5.74) is 2.88. The first-order chi connectivity index (χ1) is 12.0. The summed E-state index contributed by atoms with van der Waals surface area (Å²) in [6, 6.07) is 14.1. The molecule has 0 aliphatic carbocycles. The Labute approximate surface area is 146 Å². The van der Waals surface area contributed by atoms with Gasteiger partial charge in [0.15, 0.2) is 0 Å². The maximum Gasteiger partial charge on any atom is 0.313 e. The van der Waals surface area contributed by atoms with Gasteiger partial charge in [-0.25, -0.2) is 0 Å². The molecule has 0 radical (unpaired) electrons. The Hall–Kier alpha value is -2.66. The maximum absolute atomic E-state index is 13.0. The van der Waals surface area contributed by atoms with Crippen LogP contribution in [0.1, 0.15) is 39.0 Å². The zero-order chi connectivity index (χ0) is 18.0. The highest BCUT2D eigenvalue weighted by Crippen LogP contribution is 2.42. The maximum atomic E-state index is 13.0. The van der Waals surface area contributed by atoms with Crippen molar-refractivity contribution in [2.75, 3.05) is 20.3 Å². The lowest BCUT2D eigenvalue weighted by Crippen LogP contribution is -2.46. The Kier molecular flexibility index (Phi) is 4.86. The third-order valence-electron chi connectivity index (χ3n) is 4.62. The largest absolute Gasteiger partial charge is 0.481 e. The number of fused-ring (bicyclic) bond motifs is 1. The highest BCUT2D eigenvalue weighted by molar-refractivity contribution is 6.00. The van der Waals surface area contributed by atoms with Gasteiger partial charge in [0, 0.05) is 19.2 Å². The molecule has 1 aliphatic rings. The van der Waals surface area contributed by atoms with E-state index >= 15 is 0 Å². The summed E-state index contributed by atoms with van der Waals surface area (Å²) in [5.74, 6) is -1.90. The van der Waals surface area contributed by atoms with Crippen molar-refractivity contribution in [1.29, 1.82) is 0 Å². The minimum absolute atomic E-state index is 0.156. The normalized spacial score (nSPS) is 19.6. The molecule has 3 rings (SSSR count). The summed E-state index contributed by atoms with van der Waals surface area (Å²) < 4.78 is 5.14. The average Bonchev–Trinajstić information content (AvgIpc) is 2.60. The van der Waals surface area contributed by atoms with E-state index in [9.17, 15) is 14.7 Å². The van der Waals surface area contributed by atoms with Crippen LogP contribution in [0.25, 0.3) is 0 Å². The molecular formula is C20H21NO4. The van der Waals surface area contributed by atoms with E-state index in [0.29, 0.717) is 24.3 Å². The molecule has 1 aliphatic heterocycles. The first-order valence-corrected chi connectivity index (χ1v) is 8.22. The Morgan fingerprint density at radius 1 is 1.20 bits per heavy atom. The van der Waals surface area contributed by atoms with E-state index in [1.165, 1.54) is 0 Å². The van der Waals surface area contributed by atoms with Gasteiger partial charge in [-0.2, -0.15) is 0 Å². The van der Waals surface area contributed by atoms with Crippen molar-refractivity contribution in [3.05, 3.63) is 70.8 Å². The van der Waals surface area contributed by atoms with Crippen LogP contribution in [-0.4, -0.2) is 42.1 Å². The Bertz CT molecular complexity index is 802. The van der Waals surface area contributed by atoms with Crippen molar-refractivity contribution in [3.63, 3.8) is 0 Å². The first-order valence-electron chi connectivity index (χ1n) is 8.22. The number of ether oxygens (including phenoxy) is 1. The molecule has 0 unspecified atom stereocenters. The van der Waals surface area contributed by atoms with E-state index in [1.807, 2.05) is 31.2 Å². The van der Waals surface area contributed by atoms with Gasteiger partial charge in [-0.1, -0.05) is 48.0 Å². The van der Waals surface area contributed by atoms with Gasteiger partial charge < -0.3 is 14.7 Å². The third-order valence-corrected chi connectivity index (χ3v) is 4.62. The van der Waals surface area contributed by atoms with Crippen LogP contribution in [0, 0.1) is 6.92 Å². The lowest BCUT2D eigenvalue weighted by Gasteiger charge is -2.40. The van der Waals surface area contributed by atoms with Crippen LogP contribution < -0.4 is 0 Å². The number of carboxylic acid groups (broad SMARTS) is 1. The number of methoxy groups -OCH3 is 1. The van der Waals surface area contributed by atoms with Gasteiger partial charge in [-0.3, -0.25) is 9.59 Å². The van der Waals surface area contributed by atoms with Gasteiger partial charge in [0.25, 0.3) is 5.91 Å². The second kappa shape index (κ2) is 7.07. The molecule has 25 heavy (non-hydrogen) atoms. The monoisotopic (exact) mass is 339 g/mol. The van der Waals surface area contributed by atoms with E-state index in [0.717, 1.165) is 11.1 Å². The number of rotatable bonds is 5. The van der Waals surface area contributed by atoms with Crippen molar-refractivity contribution in [2.45, 2.75) is 18.9 Å². The Morgan fingerprint density at radius 3 is 2.64 bits per heavy atom. The smallest absolute Gasteiger partial charge is 0.313 e. The summed E-state index contributed by atoms with van der Waals surface area (Å²) in [4.78, 5) is 26.8. The van der Waals surface area contributed by atoms with E-state index in [4.69, 9.17) is 4.74 Å². The molecular weight excluding hydrogens is 318 g/mol. The van der Waals surface area contributed by atoms with Gasteiger partial charge >= 0.3 is 5.97 Å². The summed E-state index contributed by atoms with van der Waals surface area (Å²) in [6.45, 7) is 2.64. The molecule has 0 saturated carbocycles. The molecule has 2 aromatic carbocycles. The fourth-order valence-corrected chi connectivity index (χ4v) is 3.52. The molecule has 0 spiro atoms. The molecule has 1 heterocycles. The fraction of sp³-hybridized carbons (Fsp3) is 0.300. The molecule has 0 aromatic heterocycles. The van der Waals surface area contributed by atoms with Crippen LogP contribution in [-0.2, 0) is 9.53 Å². The minimum atomic E-state index is -0.936. The van der Waals surface area contributed by atoms with E-state index in [-0.39, 0.29) is 5.91 Å². The predicted molar refractivity (Wildman–Crippen MR) is 93.7 cm³/mol. The van der Waals surface area contributed by atoms with Crippen LogP contribution in [0.5, 0.6) is 0 Å². The van der Waals surface area contributed by atoms with Gasteiger partial charge in [-0.15, -0.1) is 0 Å². The molecule has 2 atom stereocenters. The second-order valence-corrected chi connectivity index (χ2v) is 6.25. The number of aliphatic carboxylic acids is 1. The van der Waals surface area contributed by atoms with Gasteiger partial charge in [-0.05, 0) is 24.1 Å². The molecule has 0 saturated heterocycles.